The number of nitrogens with one attached hydrogen (secondary N) is 1. The van der Waals surface area contributed by atoms with Gasteiger partial charge in [-0.3, -0.25) is 9.78 Å². The Balaban J connectivity index is 1.75. The third-order valence-electron chi connectivity index (χ3n) is 4.35. The minimum Gasteiger partial charge on any atom is -0.466 e. The lowest BCUT2D eigenvalue weighted by Gasteiger charge is -2.08. The van der Waals surface area contributed by atoms with Crippen molar-refractivity contribution < 1.29 is 13.7 Å². The first-order valence-electron chi connectivity index (χ1n) is 8.54. The molecule has 4 aromatic rings. The number of furan rings is 1. The maximum Gasteiger partial charge on any atom is 0.259 e. The average Bonchev–Trinajstić information content (AvgIpc) is 3.21. The van der Waals surface area contributed by atoms with E-state index in [1.165, 1.54) is 0 Å². The van der Waals surface area contributed by atoms with Crippen LogP contribution < -0.4 is 5.32 Å². The summed E-state index contributed by atoms with van der Waals surface area (Å²) in [6.45, 7) is 5.90. The van der Waals surface area contributed by atoms with E-state index in [2.05, 4.69) is 20.4 Å². The molecule has 0 saturated carbocycles. The molecule has 7 nitrogen and oxygen atoms in total. The van der Waals surface area contributed by atoms with Crippen LogP contribution in [-0.4, -0.2) is 21.0 Å². The van der Waals surface area contributed by atoms with E-state index in [1.54, 1.807) is 25.4 Å². The molecule has 27 heavy (non-hydrogen) atoms. The fourth-order valence-corrected chi connectivity index (χ4v) is 3.08. The van der Waals surface area contributed by atoms with Gasteiger partial charge in [-0.05, 0) is 44.5 Å². The number of carbonyl (C=O) groups is 1. The number of amides is 1. The summed E-state index contributed by atoms with van der Waals surface area (Å²) in [5.74, 6) is 1.29. The smallest absolute Gasteiger partial charge is 0.259 e. The predicted octanol–water partition coefficient (Wildman–Crippen LogP) is 3.73. The van der Waals surface area contributed by atoms with Crippen molar-refractivity contribution >= 4 is 17.0 Å². The first-order chi connectivity index (χ1) is 13.0. The van der Waals surface area contributed by atoms with Crippen LogP contribution in [0.1, 0.15) is 33.1 Å². The van der Waals surface area contributed by atoms with Gasteiger partial charge >= 0.3 is 0 Å². The monoisotopic (exact) mass is 362 g/mol. The highest BCUT2D eigenvalue weighted by Gasteiger charge is 2.20. The van der Waals surface area contributed by atoms with Crippen LogP contribution in [0.3, 0.4) is 0 Å². The lowest BCUT2D eigenvalue weighted by Crippen LogP contribution is -2.23. The summed E-state index contributed by atoms with van der Waals surface area (Å²) in [5, 5.41) is 7.50. The molecule has 0 aliphatic heterocycles. The summed E-state index contributed by atoms with van der Waals surface area (Å²) in [6.07, 6.45) is 3.41. The van der Waals surface area contributed by atoms with Crippen molar-refractivity contribution in [1.82, 2.24) is 20.4 Å². The Morgan fingerprint density at radius 2 is 2.07 bits per heavy atom. The SMILES string of the molecule is Cc1cc(-c2cc(C(=O)NCc3cccnc3)c3c(C)noc3n2)c(C)o1. The van der Waals surface area contributed by atoms with E-state index < -0.39 is 0 Å². The summed E-state index contributed by atoms with van der Waals surface area (Å²) in [6, 6.07) is 7.38. The van der Waals surface area contributed by atoms with Gasteiger partial charge < -0.3 is 14.3 Å². The second-order valence-corrected chi connectivity index (χ2v) is 6.37. The second kappa shape index (κ2) is 6.68. The fraction of sp³-hybridized carbons (Fsp3) is 0.200. The minimum atomic E-state index is -0.225. The van der Waals surface area contributed by atoms with Gasteiger partial charge in [-0.1, -0.05) is 11.2 Å². The van der Waals surface area contributed by atoms with Gasteiger partial charge in [0.15, 0.2) is 0 Å². The molecule has 0 saturated heterocycles. The number of aryl methyl sites for hydroxylation is 3. The summed E-state index contributed by atoms with van der Waals surface area (Å²) >= 11 is 0. The fourth-order valence-electron chi connectivity index (χ4n) is 3.08. The highest BCUT2D eigenvalue weighted by Crippen LogP contribution is 2.30. The maximum absolute atomic E-state index is 12.9. The Labute approximate surface area is 155 Å². The van der Waals surface area contributed by atoms with Crippen molar-refractivity contribution in [2.75, 3.05) is 0 Å². The zero-order valence-corrected chi connectivity index (χ0v) is 15.2. The molecule has 4 aromatic heterocycles. The van der Waals surface area contributed by atoms with Gasteiger partial charge in [0.2, 0.25) is 0 Å². The van der Waals surface area contributed by atoms with Crippen LogP contribution in [-0.2, 0) is 6.54 Å². The van der Waals surface area contributed by atoms with Crippen molar-refractivity contribution in [3.05, 3.63) is 65.0 Å². The maximum atomic E-state index is 12.9. The van der Waals surface area contributed by atoms with Crippen LogP contribution >= 0.6 is 0 Å². The van der Waals surface area contributed by atoms with E-state index in [0.717, 1.165) is 22.6 Å². The molecule has 0 bridgehead atoms. The number of carbonyl (C=O) groups excluding carboxylic acids is 1. The quantitative estimate of drug-likeness (QED) is 0.594. The number of hydrogen-bond donors (Lipinski definition) is 1. The van der Waals surface area contributed by atoms with E-state index in [4.69, 9.17) is 8.94 Å². The molecule has 7 heteroatoms. The molecule has 1 amide bonds. The molecule has 0 aliphatic rings. The summed E-state index contributed by atoms with van der Waals surface area (Å²) in [7, 11) is 0. The van der Waals surface area contributed by atoms with Gasteiger partial charge in [-0.25, -0.2) is 4.98 Å². The number of nitrogens with zero attached hydrogens (tertiary/aromatic N) is 3. The Morgan fingerprint density at radius 3 is 2.78 bits per heavy atom. The van der Waals surface area contributed by atoms with E-state index >= 15 is 0 Å². The van der Waals surface area contributed by atoms with Gasteiger partial charge in [0, 0.05) is 24.5 Å². The third-order valence-corrected chi connectivity index (χ3v) is 4.35. The van der Waals surface area contributed by atoms with E-state index in [0.29, 0.717) is 34.6 Å². The molecule has 0 fully saturated rings. The molecule has 0 unspecified atom stereocenters. The number of fused-ring (bicyclic) bond motifs is 1. The topological polar surface area (TPSA) is 94.1 Å². The summed E-state index contributed by atoms with van der Waals surface area (Å²) in [4.78, 5) is 21.5. The van der Waals surface area contributed by atoms with E-state index in [9.17, 15) is 4.79 Å². The molecule has 0 atom stereocenters. The Bertz CT molecular complexity index is 1130. The molecular formula is C20H18N4O3. The van der Waals surface area contributed by atoms with Gasteiger partial charge in [-0.2, -0.15) is 0 Å². The standard InChI is InChI=1S/C20H18N4O3/c1-11-7-15(13(3)26-11)17-8-16(18-12(2)24-27-20(18)23-17)19(25)22-10-14-5-4-6-21-9-14/h4-9H,10H2,1-3H3,(H,22,25). The molecule has 0 spiro atoms. The highest BCUT2D eigenvalue weighted by atomic mass is 16.5. The molecule has 136 valence electrons. The first kappa shape index (κ1) is 17.0. The van der Waals surface area contributed by atoms with E-state index in [-0.39, 0.29) is 5.91 Å². The Kier molecular flexibility index (Phi) is 4.19. The molecule has 0 aromatic carbocycles. The van der Waals surface area contributed by atoms with E-state index in [1.807, 2.05) is 32.0 Å². The normalized spacial score (nSPS) is 11.1. The molecule has 4 heterocycles. The van der Waals surface area contributed by atoms with Crippen LogP contribution in [0.15, 0.2) is 45.6 Å². The van der Waals surface area contributed by atoms with Crippen molar-refractivity contribution in [2.45, 2.75) is 27.3 Å². The van der Waals surface area contributed by atoms with Crippen molar-refractivity contribution in [3.63, 3.8) is 0 Å². The van der Waals surface area contributed by atoms with Crippen LogP contribution in [0.25, 0.3) is 22.4 Å². The van der Waals surface area contributed by atoms with Crippen LogP contribution in [0.4, 0.5) is 0 Å². The van der Waals surface area contributed by atoms with Crippen LogP contribution in [0, 0.1) is 20.8 Å². The minimum absolute atomic E-state index is 0.225. The molecule has 0 radical (unpaired) electrons. The molecular weight excluding hydrogens is 344 g/mol. The van der Waals surface area contributed by atoms with Crippen molar-refractivity contribution in [1.29, 1.82) is 0 Å². The average molecular weight is 362 g/mol. The van der Waals surface area contributed by atoms with Crippen molar-refractivity contribution in [3.8, 4) is 11.3 Å². The summed E-state index contributed by atoms with van der Waals surface area (Å²) in [5.41, 5.74) is 3.77. The number of aromatic nitrogens is 3. The zero-order chi connectivity index (χ0) is 19.0. The molecule has 1 N–H and O–H groups in total. The predicted molar refractivity (Wildman–Crippen MR) is 99.1 cm³/mol. The zero-order valence-electron chi connectivity index (χ0n) is 15.2. The van der Waals surface area contributed by atoms with Crippen LogP contribution in [0.2, 0.25) is 0 Å². The molecule has 4 rings (SSSR count). The Hall–Kier alpha value is -3.48. The van der Waals surface area contributed by atoms with Gasteiger partial charge in [-0.15, -0.1) is 0 Å². The van der Waals surface area contributed by atoms with Gasteiger partial charge in [0.05, 0.1) is 22.3 Å². The Morgan fingerprint density at radius 1 is 1.22 bits per heavy atom. The highest BCUT2D eigenvalue weighted by molar-refractivity contribution is 6.07. The third kappa shape index (κ3) is 3.19. The lowest BCUT2D eigenvalue weighted by atomic mass is 10.1. The molecule has 0 aliphatic carbocycles. The number of rotatable bonds is 4. The number of pyridine rings is 2. The van der Waals surface area contributed by atoms with Gasteiger partial charge in [0.1, 0.15) is 11.5 Å². The first-order valence-corrected chi connectivity index (χ1v) is 8.54. The van der Waals surface area contributed by atoms with Gasteiger partial charge in [0.25, 0.3) is 11.6 Å². The second-order valence-electron chi connectivity index (χ2n) is 6.37. The summed E-state index contributed by atoms with van der Waals surface area (Å²) < 4.78 is 10.9. The number of hydrogen-bond acceptors (Lipinski definition) is 6. The largest absolute Gasteiger partial charge is 0.466 e. The lowest BCUT2D eigenvalue weighted by molar-refractivity contribution is 0.0952. The van der Waals surface area contributed by atoms with Crippen molar-refractivity contribution in [2.24, 2.45) is 0 Å². The van der Waals surface area contributed by atoms with Crippen LogP contribution in [0.5, 0.6) is 0 Å².